The number of piperidine rings is 1. The number of aliphatic hydroxyl groups is 1. The van der Waals surface area contributed by atoms with Crippen molar-refractivity contribution >= 4 is 16.7 Å². The fraction of sp³-hybridized carbons (Fsp3) is 0.471. The summed E-state index contributed by atoms with van der Waals surface area (Å²) < 4.78 is 5.76. The molecule has 0 radical (unpaired) electrons. The van der Waals surface area contributed by atoms with Gasteiger partial charge in [-0.1, -0.05) is 18.2 Å². The molecule has 2 aromatic rings. The number of rotatable bonds is 4. The minimum atomic E-state index is 0.0404. The zero-order valence-electron chi connectivity index (χ0n) is 12.5. The number of aromatic nitrogens is 1. The van der Waals surface area contributed by atoms with Crippen molar-refractivity contribution in [2.24, 2.45) is 0 Å². The van der Waals surface area contributed by atoms with Crippen molar-refractivity contribution in [3.8, 4) is 0 Å². The summed E-state index contributed by atoms with van der Waals surface area (Å²) in [4.78, 5) is 7.03. The Morgan fingerprint density at radius 2 is 2.24 bits per heavy atom. The summed E-state index contributed by atoms with van der Waals surface area (Å²) in [6, 6.07) is 9.99. The van der Waals surface area contributed by atoms with Crippen LogP contribution in [0.1, 0.15) is 25.3 Å². The molecule has 112 valence electrons. The number of benzene rings is 1. The molecule has 4 heteroatoms. The van der Waals surface area contributed by atoms with Crippen LogP contribution in [-0.2, 0) is 11.3 Å². The highest BCUT2D eigenvalue weighted by molar-refractivity contribution is 5.84. The van der Waals surface area contributed by atoms with E-state index in [2.05, 4.69) is 4.90 Å². The molecule has 0 aliphatic carbocycles. The Kier molecular flexibility index (Phi) is 4.36. The van der Waals surface area contributed by atoms with Gasteiger partial charge in [-0.05, 0) is 37.5 Å². The lowest BCUT2D eigenvalue weighted by Gasteiger charge is -2.33. The third kappa shape index (κ3) is 3.01. The van der Waals surface area contributed by atoms with E-state index in [0.29, 0.717) is 0 Å². The van der Waals surface area contributed by atoms with Gasteiger partial charge in [0.15, 0.2) is 0 Å². The maximum absolute atomic E-state index is 9.62. The van der Waals surface area contributed by atoms with Gasteiger partial charge in [-0.25, -0.2) is 4.98 Å². The summed E-state index contributed by atoms with van der Waals surface area (Å²) >= 11 is 0. The molecular weight excluding hydrogens is 264 g/mol. The Morgan fingerprint density at radius 1 is 1.38 bits per heavy atom. The fourth-order valence-electron chi connectivity index (χ4n) is 3.04. The second kappa shape index (κ2) is 6.41. The maximum Gasteiger partial charge on any atom is 0.129 e. The Labute approximate surface area is 125 Å². The molecule has 1 aliphatic heterocycles. The van der Waals surface area contributed by atoms with Crippen LogP contribution in [0.5, 0.6) is 0 Å². The number of aliphatic hydroxyl groups excluding tert-OH is 1. The molecule has 1 saturated heterocycles. The van der Waals surface area contributed by atoms with Crippen LogP contribution in [0.25, 0.3) is 10.9 Å². The molecule has 1 aliphatic rings. The molecule has 0 bridgehead atoms. The van der Waals surface area contributed by atoms with Gasteiger partial charge in [-0.3, -0.25) is 0 Å². The van der Waals surface area contributed by atoms with Gasteiger partial charge in [0, 0.05) is 25.1 Å². The summed E-state index contributed by atoms with van der Waals surface area (Å²) in [6.45, 7) is 4.71. The van der Waals surface area contributed by atoms with Crippen LogP contribution in [0.15, 0.2) is 30.3 Å². The number of fused-ring (bicyclic) bond motifs is 1. The van der Waals surface area contributed by atoms with Gasteiger partial charge >= 0.3 is 0 Å². The summed E-state index contributed by atoms with van der Waals surface area (Å²) in [5, 5.41) is 10.7. The lowest BCUT2D eigenvalue weighted by atomic mass is 10.1. The quantitative estimate of drug-likeness (QED) is 0.938. The molecule has 1 aromatic heterocycles. The molecule has 0 saturated carbocycles. The van der Waals surface area contributed by atoms with Crippen molar-refractivity contribution in [1.82, 2.24) is 4.98 Å². The van der Waals surface area contributed by atoms with E-state index in [4.69, 9.17) is 9.72 Å². The van der Waals surface area contributed by atoms with Crippen molar-refractivity contribution in [3.05, 3.63) is 35.9 Å². The molecule has 0 amide bonds. The van der Waals surface area contributed by atoms with Crippen LogP contribution in [0.2, 0.25) is 0 Å². The van der Waals surface area contributed by atoms with Crippen molar-refractivity contribution in [2.75, 3.05) is 24.6 Å². The van der Waals surface area contributed by atoms with Crippen molar-refractivity contribution in [1.29, 1.82) is 0 Å². The Hall–Kier alpha value is -1.65. The number of hydrogen-bond donors (Lipinski definition) is 1. The van der Waals surface area contributed by atoms with Gasteiger partial charge in [0.05, 0.1) is 18.2 Å². The average Bonchev–Trinajstić information content (AvgIpc) is 2.54. The van der Waals surface area contributed by atoms with E-state index in [0.717, 1.165) is 54.8 Å². The van der Waals surface area contributed by atoms with Crippen molar-refractivity contribution < 1.29 is 9.84 Å². The molecule has 1 N–H and O–H groups in total. The van der Waals surface area contributed by atoms with Gasteiger partial charge in [0.2, 0.25) is 0 Å². The standard InChI is InChI=1S/C17H22N2O2/c1-2-21-14-6-5-9-19(11-14)17-10-13(12-20)15-7-3-4-8-16(15)18-17/h3-4,7-8,10,14,20H,2,5-6,9,11-12H2,1H3. The van der Waals surface area contributed by atoms with Crippen LogP contribution in [0.3, 0.4) is 0 Å². The summed E-state index contributed by atoms with van der Waals surface area (Å²) in [5.74, 6) is 0.946. The first kappa shape index (κ1) is 14.3. The molecule has 0 spiro atoms. The van der Waals surface area contributed by atoms with Gasteiger partial charge in [0.25, 0.3) is 0 Å². The van der Waals surface area contributed by atoms with Gasteiger partial charge in [-0.15, -0.1) is 0 Å². The first-order valence-electron chi connectivity index (χ1n) is 7.68. The van der Waals surface area contributed by atoms with E-state index >= 15 is 0 Å². The Balaban J connectivity index is 1.92. The van der Waals surface area contributed by atoms with Gasteiger partial charge in [-0.2, -0.15) is 0 Å². The second-order valence-corrected chi connectivity index (χ2v) is 5.48. The first-order chi connectivity index (χ1) is 10.3. The summed E-state index contributed by atoms with van der Waals surface area (Å²) in [5.41, 5.74) is 1.88. The first-order valence-corrected chi connectivity index (χ1v) is 7.68. The van der Waals surface area contributed by atoms with E-state index in [1.54, 1.807) is 0 Å². The molecule has 1 unspecified atom stereocenters. The van der Waals surface area contributed by atoms with Crippen LogP contribution in [-0.4, -0.2) is 35.9 Å². The van der Waals surface area contributed by atoms with E-state index in [1.165, 1.54) is 0 Å². The number of pyridine rings is 1. The maximum atomic E-state index is 9.62. The zero-order valence-corrected chi connectivity index (χ0v) is 12.5. The second-order valence-electron chi connectivity index (χ2n) is 5.48. The lowest BCUT2D eigenvalue weighted by molar-refractivity contribution is 0.0525. The van der Waals surface area contributed by atoms with Crippen LogP contribution < -0.4 is 4.90 Å². The molecular formula is C17H22N2O2. The average molecular weight is 286 g/mol. The number of para-hydroxylation sites is 1. The summed E-state index contributed by atoms with van der Waals surface area (Å²) in [6.07, 6.45) is 2.52. The number of nitrogens with zero attached hydrogens (tertiary/aromatic N) is 2. The lowest BCUT2D eigenvalue weighted by Crippen LogP contribution is -2.40. The Bertz CT molecular complexity index is 613. The molecule has 2 heterocycles. The fourth-order valence-corrected chi connectivity index (χ4v) is 3.04. The molecule has 1 atom stereocenters. The van der Waals surface area contributed by atoms with Gasteiger partial charge in [0.1, 0.15) is 5.82 Å². The Morgan fingerprint density at radius 3 is 3.05 bits per heavy atom. The minimum Gasteiger partial charge on any atom is -0.392 e. The van der Waals surface area contributed by atoms with Crippen LogP contribution in [0, 0.1) is 0 Å². The SMILES string of the molecule is CCOC1CCCN(c2cc(CO)c3ccccc3n2)C1. The van der Waals surface area contributed by atoms with E-state index < -0.39 is 0 Å². The highest BCUT2D eigenvalue weighted by Gasteiger charge is 2.21. The predicted octanol–water partition coefficient (Wildman–Crippen LogP) is 2.73. The number of anilines is 1. The van der Waals surface area contributed by atoms with Crippen LogP contribution >= 0.6 is 0 Å². The number of hydrogen-bond acceptors (Lipinski definition) is 4. The largest absolute Gasteiger partial charge is 0.392 e. The van der Waals surface area contributed by atoms with E-state index in [9.17, 15) is 5.11 Å². The molecule has 4 nitrogen and oxygen atoms in total. The predicted molar refractivity (Wildman–Crippen MR) is 84.5 cm³/mol. The van der Waals surface area contributed by atoms with Crippen molar-refractivity contribution in [3.63, 3.8) is 0 Å². The highest BCUT2D eigenvalue weighted by atomic mass is 16.5. The topological polar surface area (TPSA) is 45.6 Å². The third-order valence-corrected chi connectivity index (χ3v) is 4.06. The van der Waals surface area contributed by atoms with Gasteiger partial charge < -0.3 is 14.7 Å². The molecule has 3 rings (SSSR count). The van der Waals surface area contributed by atoms with Crippen molar-refractivity contribution in [2.45, 2.75) is 32.5 Å². The zero-order chi connectivity index (χ0) is 14.7. The summed E-state index contributed by atoms with van der Waals surface area (Å²) in [7, 11) is 0. The molecule has 21 heavy (non-hydrogen) atoms. The molecule has 1 aromatic carbocycles. The third-order valence-electron chi connectivity index (χ3n) is 4.06. The highest BCUT2D eigenvalue weighted by Crippen LogP contribution is 2.25. The monoisotopic (exact) mass is 286 g/mol. The van der Waals surface area contributed by atoms with E-state index in [1.807, 2.05) is 37.3 Å². The smallest absolute Gasteiger partial charge is 0.129 e. The normalized spacial score (nSPS) is 19.1. The number of ether oxygens (including phenoxy) is 1. The van der Waals surface area contributed by atoms with E-state index in [-0.39, 0.29) is 12.7 Å². The minimum absolute atomic E-state index is 0.0404. The molecule has 1 fully saturated rings. The van der Waals surface area contributed by atoms with Crippen LogP contribution in [0.4, 0.5) is 5.82 Å².